The number of ether oxygens (including phenoxy) is 1. The first-order valence-corrected chi connectivity index (χ1v) is 9.80. The second kappa shape index (κ2) is 7.11. The molecule has 1 heterocycles. The zero-order valence-corrected chi connectivity index (χ0v) is 15.4. The predicted molar refractivity (Wildman–Crippen MR) is 96.7 cm³/mol. The molecule has 27 heavy (non-hydrogen) atoms. The van der Waals surface area contributed by atoms with Crippen molar-refractivity contribution in [3.8, 4) is 11.9 Å². The van der Waals surface area contributed by atoms with Crippen molar-refractivity contribution in [3.05, 3.63) is 36.0 Å². The summed E-state index contributed by atoms with van der Waals surface area (Å²) in [4.78, 5) is 8.26. The molecule has 0 amide bonds. The summed E-state index contributed by atoms with van der Waals surface area (Å²) in [5.41, 5.74) is -0.284. The molecule has 0 spiro atoms. The number of hydrogen-bond acceptors (Lipinski definition) is 8. The summed E-state index contributed by atoms with van der Waals surface area (Å²) in [6, 6.07) is 7.72. The monoisotopic (exact) mass is 389 g/mol. The molecule has 142 valence electrons. The third-order valence-corrected chi connectivity index (χ3v) is 5.34. The lowest BCUT2D eigenvalue weighted by molar-refractivity contribution is -0.0271. The van der Waals surface area contributed by atoms with Crippen LogP contribution in [0.1, 0.15) is 31.7 Å². The van der Waals surface area contributed by atoms with Gasteiger partial charge in [-0.1, -0.05) is 0 Å². The molecule has 1 aromatic heterocycles. The number of nitrogens with zero attached hydrogens (tertiary/aromatic N) is 3. The molecule has 2 aromatic rings. The number of rotatable bonds is 5. The van der Waals surface area contributed by atoms with E-state index in [1.807, 2.05) is 6.07 Å². The van der Waals surface area contributed by atoms with Crippen molar-refractivity contribution in [1.29, 1.82) is 5.26 Å². The Kier molecular flexibility index (Phi) is 5.01. The van der Waals surface area contributed by atoms with E-state index in [0.29, 0.717) is 18.5 Å². The minimum atomic E-state index is -3.77. The van der Waals surface area contributed by atoms with Crippen LogP contribution in [0.15, 0.2) is 35.4 Å². The lowest BCUT2D eigenvalue weighted by Gasteiger charge is -2.26. The van der Waals surface area contributed by atoms with Crippen LogP contribution in [-0.4, -0.2) is 35.2 Å². The van der Waals surface area contributed by atoms with Gasteiger partial charge in [0.2, 0.25) is 21.9 Å². The zero-order valence-electron chi connectivity index (χ0n) is 14.6. The Morgan fingerprint density at radius 2 is 2.11 bits per heavy atom. The first-order valence-electron chi connectivity index (χ1n) is 8.25. The van der Waals surface area contributed by atoms with Crippen molar-refractivity contribution in [1.82, 2.24) is 9.97 Å². The van der Waals surface area contributed by atoms with E-state index < -0.39 is 21.7 Å². The van der Waals surface area contributed by atoms with Crippen molar-refractivity contribution < 1.29 is 18.3 Å². The van der Waals surface area contributed by atoms with Crippen LogP contribution >= 0.6 is 0 Å². The smallest absolute Gasteiger partial charge is 0.238 e. The first kappa shape index (κ1) is 19.0. The van der Waals surface area contributed by atoms with Gasteiger partial charge in [-0.2, -0.15) is 10.2 Å². The molecule has 3 rings (SSSR count). The topological polar surface area (TPSA) is 151 Å². The third kappa shape index (κ3) is 4.33. The highest BCUT2D eigenvalue weighted by molar-refractivity contribution is 7.89. The summed E-state index contributed by atoms with van der Waals surface area (Å²) in [5.74, 6) is 0.258. The van der Waals surface area contributed by atoms with Crippen LogP contribution in [-0.2, 0) is 10.0 Å². The molecule has 2 atom stereocenters. The van der Waals surface area contributed by atoms with Crippen LogP contribution in [0.25, 0.3) is 0 Å². The summed E-state index contributed by atoms with van der Waals surface area (Å²) in [7, 11) is -3.77. The van der Waals surface area contributed by atoms with Gasteiger partial charge in [-0.3, -0.25) is 0 Å². The highest BCUT2D eigenvalue weighted by atomic mass is 32.2. The molecule has 1 fully saturated rings. The third-order valence-electron chi connectivity index (χ3n) is 4.41. The van der Waals surface area contributed by atoms with E-state index in [-0.39, 0.29) is 22.3 Å². The van der Waals surface area contributed by atoms with Gasteiger partial charge in [0, 0.05) is 5.69 Å². The van der Waals surface area contributed by atoms with E-state index in [1.54, 1.807) is 6.92 Å². The molecule has 10 heteroatoms. The molecule has 0 radical (unpaired) electrons. The summed E-state index contributed by atoms with van der Waals surface area (Å²) in [5, 5.41) is 27.6. The predicted octanol–water partition coefficient (Wildman–Crippen LogP) is 1.42. The van der Waals surface area contributed by atoms with Crippen molar-refractivity contribution in [2.45, 2.75) is 42.8 Å². The van der Waals surface area contributed by atoms with Crippen LogP contribution in [0.3, 0.4) is 0 Å². The number of anilines is 2. The number of nitrogens with two attached hydrogens (primary N) is 1. The second-order valence-electron chi connectivity index (χ2n) is 6.57. The number of nitriles is 1. The van der Waals surface area contributed by atoms with E-state index >= 15 is 0 Å². The molecule has 0 saturated heterocycles. The Bertz CT molecular complexity index is 983. The minimum Gasteiger partial charge on any atom is -0.470 e. The molecule has 1 aliphatic carbocycles. The Labute approximate surface area is 156 Å². The van der Waals surface area contributed by atoms with E-state index in [0.717, 1.165) is 6.42 Å². The summed E-state index contributed by atoms with van der Waals surface area (Å²) in [6.45, 7) is 1.70. The maximum atomic E-state index is 11.3. The van der Waals surface area contributed by atoms with Crippen LogP contribution in [0.2, 0.25) is 0 Å². The molecule has 0 aliphatic heterocycles. The fraction of sp³-hybridized carbons (Fsp3) is 0.353. The maximum Gasteiger partial charge on any atom is 0.238 e. The number of hydrogen-bond donors (Lipinski definition) is 3. The van der Waals surface area contributed by atoms with Gasteiger partial charge < -0.3 is 15.2 Å². The fourth-order valence-electron chi connectivity index (χ4n) is 2.89. The zero-order chi connectivity index (χ0) is 19.7. The highest BCUT2D eigenvalue weighted by Crippen LogP contribution is 2.33. The van der Waals surface area contributed by atoms with Crippen LogP contribution in [0.5, 0.6) is 5.88 Å². The summed E-state index contributed by atoms with van der Waals surface area (Å²) in [6.07, 6.45) is 2.98. The largest absolute Gasteiger partial charge is 0.470 e. The average molecular weight is 389 g/mol. The number of primary sulfonamides is 1. The molecular formula is C17H19N5O4S. The number of nitrogens with one attached hydrogen (secondary N) is 1. The number of benzene rings is 1. The number of aliphatic hydroxyl groups is 1. The molecular weight excluding hydrogens is 370 g/mol. The SMILES string of the molecule is CC1(O)CCCC1Oc1nc(Nc2ccc(S(N)(=O)=O)cc2)ncc1C#N. The standard InChI is InChI=1S/C17H19N5O4S/c1-17(23)8-2-3-14(17)26-15-11(9-18)10-20-16(22-15)21-12-4-6-13(7-5-12)27(19,24)25/h4-7,10,14,23H,2-3,8H2,1H3,(H2,19,24,25)(H,20,21,22). The van der Waals surface area contributed by atoms with Crippen LogP contribution < -0.4 is 15.2 Å². The normalized spacial score (nSPS) is 22.2. The van der Waals surface area contributed by atoms with Gasteiger partial charge in [0.05, 0.1) is 16.7 Å². The Balaban J connectivity index is 1.82. The number of aromatic nitrogens is 2. The van der Waals surface area contributed by atoms with Gasteiger partial charge in [-0.25, -0.2) is 18.5 Å². The molecule has 4 N–H and O–H groups in total. The lowest BCUT2D eigenvalue weighted by atomic mass is 10.0. The molecule has 1 aliphatic rings. The van der Waals surface area contributed by atoms with Gasteiger partial charge in [0.1, 0.15) is 17.7 Å². The Morgan fingerprint density at radius 1 is 1.41 bits per heavy atom. The van der Waals surface area contributed by atoms with Gasteiger partial charge in [-0.15, -0.1) is 0 Å². The fourth-order valence-corrected chi connectivity index (χ4v) is 3.40. The van der Waals surface area contributed by atoms with Crippen molar-refractivity contribution in [2.24, 2.45) is 5.14 Å². The Hall–Kier alpha value is -2.74. The molecule has 2 unspecified atom stereocenters. The maximum absolute atomic E-state index is 11.3. The van der Waals surface area contributed by atoms with E-state index in [9.17, 15) is 18.8 Å². The molecule has 0 bridgehead atoms. The second-order valence-corrected chi connectivity index (χ2v) is 8.14. The van der Waals surface area contributed by atoms with Gasteiger partial charge in [0.25, 0.3) is 0 Å². The van der Waals surface area contributed by atoms with Gasteiger partial charge in [0.15, 0.2) is 0 Å². The van der Waals surface area contributed by atoms with E-state index in [4.69, 9.17) is 9.88 Å². The van der Waals surface area contributed by atoms with Gasteiger partial charge >= 0.3 is 0 Å². The lowest BCUT2D eigenvalue weighted by Crippen LogP contribution is -2.38. The van der Waals surface area contributed by atoms with E-state index in [2.05, 4.69) is 15.3 Å². The summed E-state index contributed by atoms with van der Waals surface area (Å²) < 4.78 is 28.4. The quantitative estimate of drug-likeness (QED) is 0.694. The van der Waals surface area contributed by atoms with Crippen molar-refractivity contribution in [2.75, 3.05) is 5.32 Å². The van der Waals surface area contributed by atoms with E-state index in [1.165, 1.54) is 30.5 Å². The average Bonchev–Trinajstić information content (AvgIpc) is 2.93. The first-order chi connectivity index (χ1) is 12.7. The van der Waals surface area contributed by atoms with Crippen LogP contribution in [0.4, 0.5) is 11.6 Å². The molecule has 1 saturated carbocycles. The highest BCUT2D eigenvalue weighted by Gasteiger charge is 2.39. The number of sulfonamides is 1. The van der Waals surface area contributed by atoms with Gasteiger partial charge in [-0.05, 0) is 50.5 Å². The van der Waals surface area contributed by atoms with Crippen molar-refractivity contribution >= 4 is 21.7 Å². The Morgan fingerprint density at radius 3 is 2.67 bits per heavy atom. The molecule has 1 aromatic carbocycles. The molecule has 9 nitrogen and oxygen atoms in total. The summed E-state index contributed by atoms with van der Waals surface area (Å²) >= 11 is 0. The van der Waals surface area contributed by atoms with Crippen molar-refractivity contribution in [3.63, 3.8) is 0 Å². The van der Waals surface area contributed by atoms with Crippen LogP contribution in [0, 0.1) is 11.3 Å². The minimum absolute atomic E-state index is 0.0127.